The number of hydrogen-bond donors (Lipinski definition) is 1. The minimum Gasteiger partial charge on any atom is -0.329 e. The normalized spacial score (nSPS) is 21.9. The van der Waals surface area contributed by atoms with E-state index in [0.717, 1.165) is 0 Å². The zero-order valence-corrected chi connectivity index (χ0v) is 13.8. The molecule has 1 aliphatic rings. The summed E-state index contributed by atoms with van der Waals surface area (Å²) in [5.74, 6) is 0.596. The summed E-state index contributed by atoms with van der Waals surface area (Å²) in [6.45, 7) is 18.6. The molecule has 2 heteroatoms. The summed E-state index contributed by atoms with van der Waals surface area (Å²) < 4.78 is 0. The zero-order chi connectivity index (χ0) is 13.5. The van der Waals surface area contributed by atoms with Crippen LogP contribution >= 0.6 is 0 Å². The number of rotatable bonds is 2. The lowest BCUT2D eigenvalue weighted by Gasteiger charge is -2.40. The second-order valence-corrected chi connectivity index (χ2v) is 11.9. The van der Waals surface area contributed by atoms with E-state index in [9.17, 15) is 0 Å². The van der Waals surface area contributed by atoms with E-state index in [-0.39, 0.29) is 5.54 Å². The van der Waals surface area contributed by atoms with Gasteiger partial charge in [0.2, 0.25) is 0 Å². The monoisotopic (exact) mass is 251 g/mol. The maximum atomic E-state index is 3.87. The molecule has 0 saturated heterocycles. The SMILES string of the molecule is CC(C)(C)N[Si](C)(C)C1=CC=CC1C(C)(C)C. The van der Waals surface area contributed by atoms with Crippen LogP contribution in [-0.2, 0) is 0 Å². The molecule has 0 aromatic carbocycles. The lowest BCUT2D eigenvalue weighted by atomic mass is 9.82. The van der Waals surface area contributed by atoms with Gasteiger partial charge in [0, 0.05) is 11.5 Å². The Hall–Kier alpha value is -0.343. The highest BCUT2D eigenvalue weighted by molar-refractivity contribution is 6.82. The highest BCUT2D eigenvalue weighted by atomic mass is 28.3. The standard InChI is InChI=1S/C15H29NSi/c1-14(2,3)12-10-9-11-13(12)17(7,8)16-15(4,5)6/h9-12,16H,1-8H3. The van der Waals surface area contributed by atoms with Gasteiger partial charge in [0.1, 0.15) is 8.24 Å². The van der Waals surface area contributed by atoms with E-state index in [2.05, 4.69) is 77.8 Å². The average Bonchev–Trinajstić information content (AvgIpc) is 2.44. The van der Waals surface area contributed by atoms with Gasteiger partial charge in [0.05, 0.1) is 0 Å². The first kappa shape index (κ1) is 14.7. The van der Waals surface area contributed by atoms with Crippen molar-refractivity contribution in [3.8, 4) is 0 Å². The highest BCUT2D eigenvalue weighted by Gasteiger charge is 2.39. The summed E-state index contributed by atoms with van der Waals surface area (Å²) >= 11 is 0. The minimum atomic E-state index is -1.53. The maximum absolute atomic E-state index is 3.87. The van der Waals surface area contributed by atoms with Crippen molar-refractivity contribution in [3.63, 3.8) is 0 Å². The van der Waals surface area contributed by atoms with E-state index in [4.69, 9.17) is 0 Å². The molecule has 1 atom stereocenters. The molecular weight excluding hydrogens is 222 g/mol. The van der Waals surface area contributed by atoms with Crippen LogP contribution in [0.1, 0.15) is 41.5 Å². The molecule has 1 nitrogen and oxygen atoms in total. The van der Waals surface area contributed by atoms with E-state index in [1.807, 2.05) is 0 Å². The Morgan fingerprint density at radius 2 is 1.59 bits per heavy atom. The van der Waals surface area contributed by atoms with E-state index in [0.29, 0.717) is 11.3 Å². The van der Waals surface area contributed by atoms with Gasteiger partial charge in [-0.25, -0.2) is 0 Å². The first-order chi connectivity index (χ1) is 7.43. The Bertz CT molecular complexity index is 337. The molecule has 0 saturated carbocycles. The summed E-state index contributed by atoms with van der Waals surface area (Å²) in [7, 11) is -1.53. The molecule has 0 aliphatic heterocycles. The highest BCUT2D eigenvalue weighted by Crippen LogP contribution is 2.39. The molecule has 0 radical (unpaired) electrons. The fourth-order valence-electron chi connectivity index (χ4n) is 2.84. The van der Waals surface area contributed by atoms with Gasteiger partial charge < -0.3 is 4.98 Å². The van der Waals surface area contributed by atoms with E-state index in [1.165, 1.54) is 0 Å². The van der Waals surface area contributed by atoms with Gasteiger partial charge in [-0.1, -0.05) is 57.3 Å². The third kappa shape index (κ3) is 3.82. The van der Waals surface area contributed by atoms with E-state index in [1.54, 1.807) is 5.20 Å². The predicted molar refractivity (Wildman–Crippen MR) is 80.5 cm³/mol. The molecule has 0 heterocycles. The first-order valence-electron chi connectivity index (χ1n) is 6.62. The lowest BCUT2D eigenvalue weighted by Crippen LogP contribution is -2.57. The second-order valence-electron chi connectivity index (χ2n) is 7.85. The average molecular weight is 251 g/mol. The molecule has 1 rings (SSSR count). The van der Waals surface area contributed by atoms with E-state index < -0.39 is 8.24 Å². The fourth-order valence-corrected chi connectivity index (χ4v) is 6.68. The third-order valence-corrected chi connectivity index (χ3v) is 6.55. The molecule has 0 aromatic rings. The van der Waals surface area contributed by atoms with Crippen LogP contribution < -0.4 is 4.98 Å². The number of hydrogen-bond acceptors (Lipinski definition) is 1. The van der Waals surface area contributed by atoms with Crippen molar-refractivity contribution in [1.29, 1.82) is 0 Å². The fraction of sp³-hybridized carbons (Fsp3) is 0.733. The van der Waals surface area contributed by atoms with Gasteiger partial charge >= 0.3 is 0 Å². The van der Waals surface area contributed by atoms with Crippen molar-refractivity contribution >= 4 is 8.24 Å². The van der Waals surface area contributed by atoms with Crippen LogP contribution in [0.3, 0.4) is 0 Å². The van der Waals surface area contributed by atoms with Crippen LogP contribution in [0.2, 0.25) is 13.1 Å². The summed E-state index contributed by atoms with van der Waals surface area (Å²) in [5, 5.41) is 1.64. The Morgan fingerprint density at radius 3 is 2.00 bits per heavy atom. The Kier molecular flexibility index (Phi) is 3.81. The van der Waals surface area contributed by atoms with Gasteiger partial charge in [-0.05, 0) is 26.2 Å². The van der Waals surface area contributed by atoms with Crippen LogP contribution in [-0.4, -0.2) is 13.8 Å². The molecule has 0 aromatic heterocycles. The van der Waals surface area contributed by atoms with Crippen molar-refractivity contribution in [2.24, 2.45) is 11.3 Å². The lowest BCUT2D eigenvalue weighted by molar-refractivity contribution is 0.338. The third-order valence-electron chi connectivity index (χ3n) is 3.26. The van der Waals surface area contributed by atoms with Crippen molar-refractivity contribution in [3.05, 3.63) is 23.4 Å². The summed E-state index contributed by atoms with van der Waals surface area (Å²) in [6.07, 6.45) is 6.96. The van der Waals surface area contributed by atoms with Gasteiger partial charge in [-0.2, -0.15) is 0 Å². The van der Waals surface area contributed by atoms with Gasteiger partial charge in [-0.3, -0.25) is 0 Å². The Labute approximate surface area is 108 Å². The molecule has 0 bridgehead atoms. The molecule has 0 amide bonds. The molecule has 17 heavy (non-hydrogen) atoms. The molecule has 1 unspecified atom stereocenters. The van der Waals surface area contributed by atoms with Crippen molar-refractivity contribution in [2.75, 3.05) is 0 Å². The summed E-state index contributed by atoms with van der Waals surface area (Å²) in [4.78, 5) is 3.87. The number of allylic oxidation sites excluding steroid dienone is 4. The first-order valence-corrected chi connectivity index (χ1v) is 9.62. The molecule has 1 aliphatic carbocycles. The molecular formula is C15H29NSi. The summed E-state index contributed by atoms with van der Waals surface area (Å²) in [5.41, 5.74) is 0.518. The van der Waals surface area contributed by atoms with Crippen LogP contribution in [0.25, 0.3) is 0 Å². The van der Waals surface area contributed by atoms with Crippen molar-refractivity contribution < 1.29 is 0 Å². The summed E-state index contributed by atoms with van der Waals surface area (Å²) in [6, 6.07) is 0. The topological polar surface area (TPSA) is 12.0 Å². The van der Waals surface area contributed by atoms with E-state index >= 15 is 0 Å². The van der Waals surface area contributed by atoms with Crippen LogP contribution in [0.15, 0.2) is 23.4 Å². The van der Waals surface area contributed by atoms with Gasteiger partial charge in [0.25, 0.3) is 0 Å². The Balaban J connectivity index is 2.94. The van der Waals surface area contributed by atoms with Crippen molar-refractivity contribution in [1.82, 2.24) is 4.98 Å². The largest absolute Gasteiger partial charge is 0.329 e. The predicted octanol–water partition coefficient (Wildman–Crippen LogP) is 4.28. The van der Waals surface area contributed by atoms with Crippen LogP contribution in [0.4, 0.5) is 0 Å². The zero-order valence-electron chi connectivity index (χ0n) is 12.8. The smallest absolute Gasteiger partial charge is 0.148 e. The second kappa shape index (κ2) is 4.40. The molecule has 0 spiro atoms. The molecule has 98 valence electrons. The van der Waals surface area contributed by atoms with Crippen LogP contribution in [0.5, 0.6) is 0 Å². The quantitative estimate of drug-likeness (QED) is 0.722. The number of nitrogens with one attached hydrogen (secondary N) is 1. The Morgan fingerprint density at radius 1 is 1.06 bits per heavy atom. The molecule has 1 N–H and O–H groups in total. The molecule has 0 fully saturated rings. The van der Waals surface area contributed by atoms with Crippen molar-refractivity contribution in [2.45, 2.75) is 60.2 Å². The van der Waals surface area contributed by atoms with Gasteiger partial charge in [0.15, 0.2) is 0 Å². The van der Waals surface area contributed by atoms with Gasteiger partial charge in [-0.15, -0.1) is 0 Å². The minimum absolute atomic E-state index is 0.196. The van der Waals surface area contributed by atoms with Crippen LogP contribution in [0, 0.1) is 11.3 Å². The maximum Gasteiger partial charge on any atom is 0.148 e.